The zero-order valence-electron chi connectivity index (χ0n) is 9.41. The smallest absolute Gasteiger partial charge is 0.267 e. The number of ether oxygens (including phenoxy) is 1. The molecule has 18 heavy (non-hydrogen) atoms. The van der Waals surface area contributed by atoms with Crippen LogP contribution in [0.3, 0.4) is 0 Å². The normalized spacial score (nSPS) is 10.3. The molecular weight excluding hydrogens is 256 g/mol. The van der Waals surface area contributed by atoms with Crippen molar-refractivity contribution in [2.75, 3.05) is 6.61 Å². The minimum absolute atomic E-state index is 0.131. The average Bonchev–Trinajstić information content (AvgIpc) is 2.34. The molecule has 94 valence electrons. The van der Waals surface area contributed by atoms with Gasteiger partial charge >= 0.3 is 0 Å². The predicted octanol–water partition coefficient (Wildman–Crippen LogP) is 1.68. The van der Waals surface area contributed by atoms with E-state index in [1.165, 1.54) is 12.1 Å². The van der Waals surface area contributed by atoms with Gasteiger partial charge in [-0.3, -0.25) is 4.79 Å². The number of aliphatic hydroxyl groups excluding tert-OH is 1. The standard InChI is InChI=1S/C12H11ClN2O3/c13-9-2-1-3-10(8-9)18-11-4-5-12(17)15(14-11)6-7-16/h1-5,8,16H,6-7H2. The van der Waals surface area contributed by atoms with Crippen LogP contribution in [0.1, 0.15) is 0 Å². The van der Waals surface area contributed by atoms with E-state index in [2.05, 4.69) is 5.10 Å². The lowest BCUT2D eigenvalue weighted by Gasteiger charge is -2.07. The number of benzene rings is 1. The zero-order chi connectivity index (χ0) is 13.0. The third-order valence-corrected chi connectivity index (χ3v) is 2.41. The molecule has 0 saturated heterocycles. The Hall–Kier alpha value is -1.85. The third-order valence-electron chi connectivity index (χ3n) is 2.17. The van der Waals surface area contributed by atoms with Gasteiger partial charge < -0.3 is 9.84 Å². The monoisotopic (exact) mass is 266 g/mol. The molecule has 0 amide bonds. The molecule has 0 spiro atoms. The molecule has 0 aliphatic rings. The van der Waals surface area contributed by atoms with Crippen molar-refractivity contribution < 1.29 is 9.84 Å². The van der Waals surface area contributed by atoms with Crippen molar-refractivity contribution >= 4 is 11.6 Å². The topological polar surface area (TPSA) is 64.3 Å². The van der Waals surface area contributed by atoms with Gasteiger partial charge in [-0.15, -0.1) is 5.10 Å². The second-order valence-electron chi connectivity index (χ2n) is 3.52. The summed E-state index contributed by atoms with van der Waals surface area (Å²) in [5, 5.41) is 13.3. The first kappa shape index (κ1) is 12.6. The van der Waals surface area contributed by atoms with Crippen LogP contribution >= 0.6 is 11.6 Å². The number of aromatic nitrogens is 2. The highest BCUT2D eigenvalue weighted by molar-refractivity contribution is 6.30. The largest absolute Gasteiger partial charge is 0.438 e. The number of hydrogen-bond donors (Lipinski definition) is 1. The summed E-state index contributed by atoms with van der Waals surface area (Å²) in [7, 11) is 0. The van der Waals surface area contributed by atoms with Crippen LogP contribution in [0.4, 0.5) is 0 Å². The van der Waals surface area contributed by atoms with Gasteiger partial charge in [0.15, 0.2) is 0 Å². The van der Waals surface area contributed by atoms with Gasteiger partial charge in [0.05, 0.1) is 13.2 Å². The highest BCUT2D eigenvalue weighted by Gasteiger charge is 2.03. The minimum Gasteiger partial charge on any atom is -0.438 e. The van der Waals surface area contributed by atoms with Gasteiger partial charge in [0.25, 0.3) is 5.56 Å². The Labute approximate surface area is 108 Å². The van der Waals surface area contributed by atoms with Gasteiger partial charge in [0.2, 0.25) is 5.88 Å². The number of rotatable bonds is 4. The summed E-state index contributed by atoms with van der Waals surface area (Å²) in [5.41, 5.74) is -0.289. The van der Waals surface area contributed by atoms with Crippen molar-refractivity contribution in [1.29, 1.82) is 0 Å². The Bertz CT molecular complexity index is 598. The Morgan fingerprint density at radius 1 is 1.33 bits per heavy atom. The van der Waals surface area contributed by atoms with E-state index in [4.69, 9.17) is 21.4 Å². The quantitative estimate of drug-likeness (QED) is 0.914. The minimum atomic E-state index is -0.289. The summed E-state index contributed by atoms with van der Waals surface area (Å²) in [6.45, 7) is -0.0287. The van der Waals surface area contributed by atoms with Gasteiger partial charge in [-0.05, 0) is 18.2 Å². The highest BCUT2D eigenvalue weighted by Crippen LogP contribution is 2.21. The summed E-state index contributed by atoms with van der Waals surface area (Å²) in [5.74, 6) is 0.800. The van der Waals surface area contributed by atoms with E-state index in [1.807, 2.05) is 0 Å². The Kier molecular flexibility index (Phi) is 3.96. The molecule has 0 unspecified atom stereocenters. The fraction of sp³-hybridized carbons (Fsp3) is 0.167. The van der Waals surface area contributed by atoms with Crippen LogP contribution in [0.2, 0.25) is 5.02 Å². The molecule has 1 N–H and O–H groups in total. The summed E-state index contributed by atoms with van der Waals surface area (Å²) in [6.07, 6.45) is 0. The number of aliphatic hydroxyl groups is 1. The fourth-order valence-corrected chi connectivity index (χ4v) is 1.57. The summed E-state index contributed by atoms with van der Waals surface area (Å²) < 4.78 is 6.60. The third kappa shape index (κ3) is 3.09. The lowest BCUT2D eigenvalue weighted by molar-refractivity contribution is 0.263. The summed E-state index contributed by atoms with van der Waals surface area (Å²) >= 11 is 5.83. The lowest BCUT2D eigenvalue weighted by Crippen LogP contribution is -2.23. The molecule has 5 nitrogen and oxygen atoms in total. The van der Waals surface area contributed by atoms with E-state index in [9.17, 15) is 4.79 Å². The maximum absolute atomic E-state index is 11.4. The summed E-state index contributed by atoms with van der Waals surface area (Å²) in [6, 6.07) is 9.66. The second kappa shape index (κ2) is 5.66. The number of nitrogens with zero attached hydrogens (tertiary/aromatic N) is 2. The van der Waals surface area contributed by atoms with Crippen molar-refractivity contribution in [3.63, 3.8) is 0 Å². The van der Waals surface area contributed by atoms with Crippen LogP contribution in [-0.2, 0) is 6.54 Å². The van der Waals surface area contributed by atoms with Gasteiger partial charge in [0, 0.05) is 17.2 Å². The number of hydrogen-bond acceptors (Lipinski definition) is 4. The molecule has 2 rings (SSSR count). The molecular formula is C12H11ClN2O3. The first-order valence-corrected chi connectivity index (χ1v) is 5.69. The van der Waals surface area contributed by atoms with Crippen LogP contribution in [-0.4, -0.2) is 21.5 Å². The molecule has 0 atom stereocenters. The van der Waals surface area contributed by atoms with E-state index in [1.54, 1.807) is 24.3 Å². The Balaban J connectivity index is 2.24. The first-order chi connectivity index (χ1) is 8.69. The Morgan fingerprint density at radius 3 is 2.89 bits per heavy atom. The van der Waals surface area contributed by atoms with E-state index < -0.39 is 0 Å². The van der Waals surface area contributed by atoms with E-state index in [-0.39, 0.29) is 24.6 Å². The van der Waals surface area contributed by atoms with Crippen molar-refractivity contribution in [3.8, 4) is 11.6 Å². The number of halogens is 1. The molecule has 0 radical (unpaired) electrons. The Morgan fingerprint density at radius 2 is 2.17 bits per heavy atom. The van der Waals surface area contributed by atoms with Gasteiger partial charge in [-0.2, -0.15) is 0 Å². The molecule has 0 fully saturated rings. The highest BCUT2D eigenvalue weighted by atomic mass is 35.5. The van der Waals surface area contributed by atoms with Crippen LogP contribution in [0.25, 0.3) is 0 Å². The van der Waals surface area contributed by atoms with Crippen molar-refractivity contribution in [2.45, 2.75) is 6.54 Å². The van der Waals surface area contributed by atoms with Gasteiger partial charge in [-0.25, -0.2) is 4.68 Å². The molecule has 0 bridgehead atoms. The molecule has 1 aromatic heterocycles. The van der Waals surface area contributed by atoms with Crippen LogP contribution in [0.5, 0.6) is 11.6 Å². The van der Waals surface area contributed by atoms with E-state index in [0.29, 0.717) is 10.8 Å². The van der Waals surface area contributed by atoms with Gasteiger partial charge in [-0.1, -0.05) is 17.7 Å². The molecule has 0 saturated carbocycles. The average molecular weight is 267 g/mol. The fourth-order valence-electron chi connectivity index (χ4n) is 1.39. The van der Waals surface area contributed by atoms with Crippen molar-refractivity contribution in [1.82, 2.24) is 9.78 Å². The van der Waals surface area contributed by atoms with Crippen molar-refractivity contribution in [3.05, 3.63) is 51.8 Å². The zero-order valence-corrected chi connectivity index (χ0v) is 10.2. The summed E-state index contributed by atoms with van der Waals surface area (Å²) in [4.78, 5) is 11.4. The SMILES string of the molecule is O=c1ccc(Oc2cccc(Cl)c2)nn1CCO. The van der Waals surface area contributed by atoms with Crippen molar-refractivity contribution in [2.24, 2.45) is 0 Å². The van der Waals surface area contributed by atoms with Crippen LogP contribution < -0.4 is 10.3 Å². The van der Waals surface area contributed by atoms with Gasteiger partial charge in [0.1, 0.15) is 5.75 Å². The maximum atomic E-state index is 11.4. The van der Waals surface area contributed by atoms with Crippen LogP contribution in [0.15, 0.2) is 41.2 Å². The maximum Gasteiger partial charge on any atom is 0.267 e. The first-order valence-electron chi connectivity index (χ1n) is 5.31. The van der Waals surface area contributed by atoms with Crippen LogP contribution in [0, 0.1) is 0 Å². The molecule has 1 aromatic carbocycles. The molecule has 0 aliphatic heterocycles. The molecule has 6 heteroatoms. The molecule has 0 aliphatic carbocycles. The molecule has 1 heterocycles. The van der Waals surface area contributed by atoms with E-state index in [0.717, 1.165) is 4.68 Å². The van der Waals surface area contributed by atoms with E-state index >= 15 is 0 Å². The molecule has 2 aromatic rings. The predicted molar refractivity (Wildman–Crippen MR) is 67.1 cm³/mol. The second-order valence-corrected chi connectivity index (χ2v) is 3.95. The lowest BCUT2D eigenvalue weighted by atomic mass is 10.3.